The smallest absolute Gasteiger partial charge is 0.356 e. The molecular weight excluding hydrogens is 767 g/mol. The topological polar surface area (TPSA) is 137 Å². The molecule has 6 aromatic rings. The molecule has 1 aromatic heterocycles. The first-order valence-electron chi connectivity index (χ1n) is 18.6. The summed E-state index contributed by atoms with van der Waals surface area (Å²) in [4.78, 5) is 55.2. The van der Waals surface area contributed by atoms with Gasteiger partial charge in [0.2, 0.25) is 17.3 Å². The van der Waals surface area contributed by atoms with Gasteiger partial charge in [0.05, 0.1) is 11.3 Å². The van der Waals surface area contributed by atoms with Crippen molar-refractivity contribution in [2.24, 2.45) is 11.1 Å². The summed E-state index contributed by atoms with van der Waals surface area (Å²) in [5, 5.41) is 4.19. The van der Waals surface area contributed by atoms with E-state index in [4.69, 9.17) is 15.3 Å². The summed E-state index contributed by atoms with van der Waals surface area (Å²) >= 11 is 2.37. The summed E-state index contributed by atoms with van der Waals surface area (Å²) < 4.78 is 10.5. The van der Waals surface area contributed by atoms with E-state index in [0.29, 0.717) is 11.3 Å². The fraction of sp³-hybridized carbons (Fsp3) is 0.130. The Bertz CT molecular complexity index is 2360. The van der Waals surface area contributed by atoms with Gasteiger partial charge in [0.15, 0.2) is 22.7 Å². The highest BCUT2D eigenvalue weighted by molar-refractivity contribution is 8.00. The van der Waals surface area contributed by atoms with Gasteiger partial charge in [-0.2, -0.15) is 9.36 Å². The molecule has 3 heterocycles. The number of ether oxygens (including phenoxy) is 1. The van der Waals surface area contributed by atoms with E-state index in [1.807, 2.05) is 152 Å². The molecule has 2 aliphatic heterocycles. The van der Waals surface area contributed by atoms with Crippen LogP contribution in [0.2, 0.25) is 0 Å². The number of esters is 1. The van der Waals surface area contributed by atoms with Gasteiger partial charge in [-0.3, -0.25) is 14.5 Å². The van der Waals surface area contributed by atoms with Gasteiger partial charge in [0.1, 0.15) is 5.70 Å². The minimum atomic E-state index is -1.29. The number of nitrogens with zero attached hydrogens (tertiary/aromatic N) is 4. The van der Waals surface area contributed by atoms with Crippen LogP contribution >= 0.6 is 23.3 Å². The van der Waals surface area contributed by atoms with Gasteiger partial charge < -0.3 is 15.3 Å². The van der Waals surface area contributed by atoms with Crippen LogP contribution in [0.1, 0.15) is 46.2 Å². The number of Topliss-reactive ketones (excluding diaryl/α,β-unsaturated/α-hetero) is 1. The second kappa shape index (κ2) is 16.8. The lowest BCUT2D eigenvalue weighted by Gasteiger charge is -2.49. The molecule has 1 saturated heterocycles. The Hall–Kier alpha value is -6.63. The van der Waals surface area contributed by atoms with Crippen molar-refractivity contribution < 1.29 is 24.0 Å². The zero-order valence-corrected chi connectivity index (χ0v) is 32.7. The first-order valence-corrected chi connectivity index (χ1v) is 20.4. The average Bonchev–Trinajstić information content (AvgIpc) is 3.72. The highest BCUT2D eigenvalue weighted by Gasteiger charge is 2.54. The lowest BCUT2D eigenvalue weighted by atomic mass is 9.80. The Kier molecular flexibility index (Phi) is 11.1. The number of anilines is 1. The number of aromatic nitrogens is 2. The molecule has 10 nitrogen and oxygen atoms in total. The third-order valence-electron chi connectivity index (χ3n) is 10.1. The number of β-lactam (4-membered cyclic amide) rings is 1. The van der Waals surface area contributed by atoms with Crippen LogP contribution in [-0.2, 0) is 29.6 Å². The standard InChI is InChI=1S/C46H37N5O5S2/c1-2-30-29-57-43-36(42(53)51(43)39(30)44(54)55-40(31-18-8-3-9-19-31)32-20-10-4-11-21-32)28-37(52)38(41-48-45(47)58-50-41)49-56-46(33-22-12-5-13-23-33,34-24-14-6-15-25-34)35-26-16-7-17-27-35/h2-27,36,40,43H,1,28-29H2,(H2,47,48,50)/b49-38+/t36-,43-/m1/s1. The molecule has 1 amide bonds. The molecule has 5 aromatic carbocycles. The quantitative estimate of drug-likeness (QED) is 0.0381. The van der Waals surface area contributed by atoms with E-state index in [-0.39, 0.29) is 28.8 Å². The molecule has 0 bridgehead atoms. The zero-order chi connectivity index (χ0) is 40.1. The molecule has 2 aliphatic rings. The van der Waals surface area contributed by atoms with Crippen LogP contribution in [0.15, 0.2) is 181 Å². The number of oxime groups is 1. The number of thioether (sulfide) groups is 1. The highest BCUT2D eigenvalue weighted by Crippen LogP contribution is 2.47. The fourth-order valence-corrected chi connectivity index (χ4v) is 9.15. The minimum absolute atomic E-state index is 0.0125. The molecule has 0 spiro atoms. The Balaban J connectivity index is 1.10. The van der Waals surface area contributed by atoms with Crippen LogP contribution in [0.5, 0.6) is 0 Å². The predicted octanol–water partition coefficient (Wildman–Crippen LogP) is 8.10. The number of benzene rings is 5. The van der Waals surface area contributed by atoms with Gasteiger partial charge in [-0.1, -0.05) is 169 Å². The van der Waals surface area contributed by atoms with Gasteiger partial charge in [-0.15, -0.1) is 11.8 Å². The monoisotopic (exact) mass is 803 g/mol. The van der Waals surface area contributed by atoms with E-state index in [9.17, 15) is 14.4 Å². The van der Waals surface area contributed by atoms with Gasteiger partial charge in [-0.25, -0.2) is 4.79 Å². The molecule has 8 rings (SSSR count). The van der Waals surface area contributed by atoms with E-state index < -0.39 is 40.7 Å². The van der Waals surface area contributed by atoms with Crippen molar-refractivity contribution in [2.45, 2.75) is 23.5 Å². The van der Waals surface area contributed by atoms with E-state index in [2.05, 4.69) is 21.1 Å². The molecular formula is C46H37N5O5S2. The van der Waals surface area contributed by atoms with E-state index >= 15 is 0 Å². The first-order chi connectivity index (χ1) is 28.4. The SMILES string of the molecule is C=CC1=C(C(=O)OC(c2ccccc2)c2ccccc2)N2C(=O)[C@@H](CC(=O)/C(=N\OC(c3ccccc3)(c3ccccc3)c3ccccc3)c3nsc(N)n3)[C@H]2SC1. The number of ketones is 1. The summed E-state index contributed by atoms with van der Waals surface area (Å²) in [6.07, 6.45) is 0.609. The molecule has 288 valence electrons. The number of carbonyl (C=O) groups is 3. The number of carbonyl (C=O) groups excluding carboxylic acids is 3. The Morgan fingerprint density at radius 3 is 1.79 bits per heavy atom. The number of fused-ring (bicyclic) bond motifs is 1. The normalized spacial score (nSPS) is 16.7. The molecule has 58 heavy (non-hydrogen) atoms. The Morgan fingerprint density at radius 1 is 0.828 bits per heavy atom. The minimum Gasteiger partial charge on any atom is -0.448 e. The van der Waals surface area contributed by atoms with Crippen molar-refractivity contribution in [1.82, 2.24) is 14.3 Å². The second-order valence-corrected chi connectivity index (χ2v) is 15.5. The van der Waals surface area contributed by atoms with Crippen molar-refractivity contribution in [1.29, 1.82) is 0 Å². The van der Waals surface area contributed by atoms with Gasteiger partial charge in [-0.05, 0) is 16.7 Å². The summed E-state index contributed by atoms with van der Waals surface area (Å²) in [7, 11) is 0. The predicted molar refractivity (Wildman–Crippen MR) is 225 cm³/mol. The number of nitrogens with two attached hydrogens (primary N) is 1. The van der Waals surface area contributed by atoms with Crippen molar-refractivity contribution in [3.63, 3.8) is 0 Å². The Labute approximate surface area is 343 Å². The fourth-order valence-electron chi connectivity index (χ4n) is 7.31. The van der Waals surface area contributed by atoms with Crippen molar-refractivity contribution >= 4 is 51.8 Å². The van der Waals surface area contributed by atoms with Crippen LogP contribution in [-0.4, -0.2) is 48.8 Å². The molecule has 0 aliphatic carbocycles. The maximum atomic E-state index is 14.5. The Morgan fingerprint density at radius 2 is 1.33 bits per heavy atom. The molecule has 1 fully saturated rings. The number of hydrogen-bond donors (Lipinski definition) is 1. The first kappa shape index (κ1) is 38.3. The molecule has 0 unspecified atom stereocenters. The number of allylic oxidation sites excluding steroid dienone is 1. The van der Waals surface area contributed by atoms with Gasteiger partial charge >= 0.3 is 5.97 Å². The number of amides is 1. The van der Waals surface area contributed by atoms with Crippen LogP contribution in [0.25, 0.3) is 0 Å². The van der Waals surface area contributed by atoms with Crippen LogP contribution in [0.4, 0.5) is 5.13 Å². The molecule has 0 saturated carbocycles. The van der Waals surface area contributed by atoms with Crippen molar-refractivity contribution in [3.05, 3.63) is 209 Å². The van der Waals surface area contributed by atoms with Crippen molar-refractivity contribution in [3.8, 4) is 0 Å². The zero-order valence-electron chi connectivity index (χ0n) is 31.1. The van der Waals surface area contributed by atoms with E-state index in [1.54, 1.807) is 6.08 Å². The van der Waals surface area contributed by atoms with Crippen LogP contribution in [0.3, 0.4) is 0 Å². The summed E-state index contributed by atoms with van der Waals surface area (Å²) in [6.45, 7) is 3.93. The molecule has 2 N–H and O–H groups in total. The van der Waals surface area contributed by atoms with Crippen molar-refractivity contribution in [2.75, 3.05) is 11.5 Å². The van der Waals surface area contributed by atoms with Gasteiger partial charge in [0, 0.05) is 40.4 Å². The number of hydrogen-bond acceptors (Lipinski definition) is 11. The molecule has 12 heteroatoms. The van der Waals surface area contributed by atoms with Crippen LogP contribution < -0.4 is 5.73 Å². The van der Waals surface area contributed by atoms with Gasteiger partial charge in [0.25, 0.3) is 0 Å². The number of rotatable bonds is 14. The summed E-state index contributed by atoms with van der Waals surface area (Å²) in [5.74, 6) is -1.99. The molecule has 2 atom stereocenters. The lowest BCUT2D eigenvalue weighted by Crippen LogP contribution is -2.62. The highest BCUT2D eigenvalue weighted by atomic mass is 32.2. The van der Waals surface area contributed by atoms with Crippen LogP contribution in [0, 0.1) is 5.92 Å². The number of nitrogen functional groups attached to an aromatic ring is 1. The third kappa shape index (κ3) is 7.35. The maximum absolute atomic E-state index is 14.5. The molecule has 0 radical (unpaired) electrons. The summed E-state index contributed by atoms with van der Waals surface area (Å²) in [6, 6.07) is 47.7. The third-order valence-corrected chi connectivity index (χ3v) is 12.0. The average molecular weight is 804 g/mol. The van der Waals surface area contributed by atoms with E-state index in [1.165, 1.54) is 16.7 Å². The van der Waals surface area contributed by atoms with E-state index in [0.717, 1.165) is 39.3 Å². The second-order valence-electron chi connectivity index (χ2n) is 13.6. The largest absolute Gasteiger partial charge is 0.448 e. The lowest BCUT2D eigenvalue weighted by molar-refractivity contribution is -0.157. The summed E-state index contributed by atoms with van der Waals surface area (Å²) in [5.41, 5.74) is 9.10. The maximum Gasteiger partial charge on any atom is 0.356 e.